The van der Waals surface area contributed by atoms with Gasteiger partial charge in [0, 0.05) is 37.1 Å². The second-order valence-electron chi connectivity index (χ2n) is 5.15. The third kappa shape index (κ3) is 2.71. The summed E-state index contributed by atoms with van der Waals surface area (Å²) in [5.74, 6) is -1.10. The molecular weight excluding hydrogens is 321 g/mol. The lowest BCUT2D eigenvalue weighted by atomic mass is 10.1. The van der Waals surface area contributed by atoms with Crippen molar-refractivity contribution in [3.63, 3.8) is 0 Å². The van der Waals surface area contributed by atoms with Gasteiger partial charge in [-0.05, 0) is 12.1 Å². The van der Waals surface area contributed by atoms with Gasteiger partial charge in [0.2, 0.25) is 0 Å². The van der Waals surface area contributed by atoms with Crippen molar-refractivity contribution in [1.82, 2.24) is 13.6 Å². The Morgan fingerprint density at radius 2 is 1.96 bits per heavy atom. The minimum atomic E-state index is -3.78. The molecule has 23 heavy (non-hydrogen) atoms. The van der Waals surface area contributed by atoms with Crippen LogP contribution in [0.25, 0.3) is 11.1 Å². The maximum Gasteiger partial charge on any atom is 0.306 e. The van der Waals surface area contributed by atoms with Crippen molar-refractivity contribution in [2.24, 2.45) is 0 Å². The number of halogens is 1. The van der Waals surface area contributed by atoms with Crippen LogP contribution in [0.15, 0.2) is 42.7 Å². The maximum absolute atomic E-state index is 13.9. The lowest BCUT2D eigenvalue weighted by Gasteiger charge is -2.16. The Kier molecular flexibility index (Phi) is 3.87. The molecule has 1 aliphatic rings. The Bertz CT molecular complexity index is 870. The lowest BCUT2D eigenvalue weighted by molar-refractivity contribution is 0.0871. The van der Waals surface area contributed by atoms with E-state index in [4.69, 9.17) is 0 Å². The summed E-state index contributed by atoms with van der Waals surface area (Å²) in [6.45, 7) is 0.329. The molecule has 2 aromatic rings. The second kappa shape index (κ2) is 5.71. The number of hydrogen-bond acceptors (Lipinski definition) is 4. The number of carbonyl (C=O) groups is 1. The van der Waals surface area contributed by atoms with E-state index in [0.717, 1.165) is 8.61 Å². The van der Waals surface area contributed by atoms with Crippen molar-refractivity contribution in [2.45, 2.75) is 0 Å². The lowest BCUT2D eigenvalue weighted by Crippen LogP contribution is -2.35. The van der Waals surface area contributed by atoms with Gasteiger partial charge < -0.3 is 0 Å². The highest BCUT2D eigenvalue weighted by molar-refractivity contribution is 7.87. The van der Waals surface area contributed by atoms with Crippen molar-refractivity contribution in [3.05, 3.63) is 54.1 Å². The number of hydrogen-bond donors (Lipinski definition) is 0. The summed E-state index contributed by atoms with van der Waals surface area (Å²) in [6, 6.07) is 7.56. The minimum absolute atomic E-state index is 0.0849. The molecule has 1 saturated heterocycles. The van der Waals surface area contributed by atoms with E-state index in [1.807, 2.05) is 0 Å². The quantitative estimate of drug-likeness (QED) is 0.834. The highest BCUT2D eigenvalue weighted by Gasteiger charge is 2.37. The highest BCUT2D eigenvalue weighted by Crippen LogP contribution is 2.24. The van der Waals surface area contributed by atoms with Crippen LogP contribution in [-0.4, -0.2) is 48.1 Å². The Labute approximate surface area is 133 Å². The molecule has 1 fully saturated rings. The van der Waals surface area contributed by atoms with E-state index in [-0.39, 0.29) is 18.7 Å². The Morgan fingerprint density at radius 1 is 1.22 bits per heavy atom. The third-order valence-corrected chi connectivity index (χ3v) is 5.56. The SMILES string of the molecule is CN1CCN(C(=O)c2cncc(-c3ccccc3F)c2)S1(=O)=O. The summed E-state index contributed by atoms with van der Waals surface area (Å²) in [6.07, 6.45) is 2.71. The molecule has 1 aliphatic heterocycles. The number of amides is 1. The Morgan fingerprint density at radius 3 is 2.61 bits per heavy atom. The summed E-state index contributed by atoms with van der Waals surface area (Å²) in [5, 5.41) is 0. The number of rotatable bonds is 2. The van der Waals surface area contributed by atoms with Gasteiger partial charge in [-0.15, -0.1) is 0 Å². The zero-order valence-electron chi connectivity index (χ0n) is 12.3. The van der Waals surface area contributed by atoms with Gasteiger partial charge in [0.1, 0.15) is 5.82 Å². The molecule has 6 nitrogen and oxygen atoms in total. The molecular formula is C15H14FN3O3S. The fourth-order valence-electron chi connectivity index (χ4n) is 2.38. The summed E-state index contributed by atoms with van der Waals surface area (Å²) >= 11 is 0. The highest BCUT2D eigenvalue weighted by atomic mass is 32.2. The fraction of sp³-hybridized carbons (Fsp3) is 0.200. The predicted molar refractivity (Wildman–Crippen MR) is 82.2 cm³/mol. The zero-order valence-corrected chi connectivity index (χ0v) is 13.1. The predicted octanol–water partition coefficient (Wildman–Crippen LogP) is 1.52. The van der Waals surface area contributed by atoms with Crippen LogP contribution in [-0.2, 0) is 10.2 Å². The molecule has 1 aromatic heterocycles. The van der Waals surface area contributed by atoms with E-state index in [9.17, 15) is 17.6 Å². The first-order valence-electron chi connectivity index (χ1n) is 6.89. The van der Waals surface area contributed by atoms with Crippen LogP contribution in [0.4, 0.5) is 4.39 Å². The number of aromatic nitrogens is 1. The summed E-state index contributed by atoms with van der Waals surface area (Å²) in [4.78, 5) is 16.4. The molecule has 1 aromatic carbocycles. The van der Waals surface area contributed by atoms with Crippen LogP contribution in [0, 0.1) is 5.82 Å². The normalized spacial score (nSPS) is 17.4. The molecule has 0 N–H and O–H groups in total. The molecule has 0 spiro atoms. The van der Waals surface area contributed by atoms with Crippen LogP contribution < -0.4 is 0 Å². The van der Waals surface area contributed by atoms with E-state index in [1.165, 1.54) is 31.6 Å². The standard InChI is InChI=1S/C15H14FN3O3S/c1-18-6-7-19(23(18,21)22)15(20)12-8-11(9-17-10-12)13-4-2-3-5-14(13)16/h2-5,8-10H,6-7H2,1H3. The van der Waals surface area contributed by atoms with E-state index in [1.54, 1.807) is 18.2 Å². The topological polar surface area (TPSA) is 70.6 Å². The minimum Gasteiger partial charge on any atom is -0.268 e. The first kappa shape index (κ1) is 15.6. The third-order valence-electron chi connectivity index (χ3n) is 3.69. The van der Waals surface area contributed by atoms with Gasteiger partial charge >= 0.3 is 10.2 Å². The molecule has 0 unspecified atom stereocenters. The van der Waals surface area contributed by atoms with Crippen LogP contribution in [0.3, 0.4) is 0 Å². The molecule has 120 valence electrons. The molecule has 0 aliphatic carbocycles. The average Bonchev–Trinajstić information content (AvgIpc) is 2.81. The molecule has 0 saturated carbocycles. The molecule has 3 rings (SSSR count). The van der Waals surface area contributed by atoms with E-state index < -0.39 is 21.9 Å². The molecule has 0 bridgehead atoms. The molecule has 1 amide bonds. The van der Waals surface area contributed by atoms with Crippen molar-refractivity contribution < 1.29 is 17.6 Å². The Hall–Kier alpha value is -2.32. The number of pyridine rings is 1. The summed E-state index contributed by atoms with van der Waals surface area (Å²) < 4.78 is 39.9. The van der Waals surface area contributed by atoms with Gasteiger partial charge in [-0.25, -0.2) is 8.70 Å². The average molecular weight is 335 g/mol. The van der Waals surface area contributed by atoms with Gasteiger partial charge in [0.15, 0.2) is 0 Å². The van der Waals surface area contributed by atoms with Crippen molar-refractivity contribution in [3.8, 4) is 11.1 Å². The monoisotopic (exact) mass is 335 g/mol. The van der Waals surface area contributed by atoms with E-state index >= 15 is 0 Å². The summed E-state index contributed by atoms with van der Waals surface area (Å²) in [5.41, 5.74) is 0.819. The van der Waals surface area contributed by atoms with E-state index in [2.05, 4.69) is 4.98 Å². The van der Waals surface area contributed by atoms with Gasteiger partial charge in [0.25, 0.3) is 5.91 Å². The van der Waals surface area contributed by atoms with Crippen LogP contribution in [0.1, 0.15) is 10.4 Å². The first-order valence-corrected chi connectivity index (χ1v) is 8.29. The van der Waals surface area contributed by atoms with Crippen LogP contribution >= 0.6 is 0 Å². The molecule has 0 radical (unpaired) electrons. The van der Waals surface area contributed by atoms with Crippen molar-refractivity contribution in [1.29, 1.82) is 0 Å². The van der Waals surface area contributed by atoms with Crippen molar-refractivity contribution in [2.75, 3.05) is 20.1 Å². The van der Waals surface area contributed by atoms with Crippen LogP contribution in [0.5, 0.6) is 0 Å². The summed E-state index contributed by atoms with van der Waals surface area (Å²) in [7, 11) is -2.37. The Balaban J connectivity index is 1.98. The fourth-order valence-corrected chi connectivity index (χ4v) is 3.66. The van der Waals surface area contributed by atoms with Gasteiger partial charge in [0.05, 0.1) is 12.1 Å². The number of nitrogens with zero attached hydrogens (tertiary/aromatic N) is 3. The second-order valence-corrected chi connectivity index (χ2v) is 7.11. The number of benzene rings is 1. The largest absolute Gasteiger partial charge is 0.306 e. The van der Waals surface area contributed by atoms with Gasteiger partial charge in [-0.3, -0.25) is 9.78 Å². The first-order chi connectivity index (χ1) is 10.9. The van der Waals surface area contributed by atoms with Gasteiger partial charge in [-0.1, -0.05) is 18.2 Å². The smallest absolute Gasteiger partial charge is 0.268 e. The number of carbonyl (C=O) groups excluding carboxylic acids is 1. The van der Waals surface area contributed by atoms with Crippen molar-refractivity contribution >= 4 is 16.1 Å². The van der Waals surface area contributed by atoms with E-state index in [0.29, 0.717) is 11.1 Å². The molecule has 0 atom stereocenters. The molecule has 2 heterocycles. The zero-order chi connectivity index (χ0) is 16.6. The maximum atomic E-state index is 13.9. The molecule has 8 heteroatoms. The number of likely N-dealkylation sites (N-methyl/N-ethyl adjacent to an activating group) is 1. The van der Waals surface area contributed by atoms with Crippen LogP contribution in [0.2, 0.25) is 0 Å². The van der Waals surface area contributed by atoms with Gasteiger partial charge in [-0.2, -0.15) is 12.7 Å².